The Morgan fingerprint density at radius 2 is 2.21 bits per heavy atom. The van der Waals surface area contributed by atoms with Crippen LogP contribution in [-0.2, 0) is 14.7 Å². The van der Waals surface area contributed by atoms with E-state index in [1.165, 1.54) is 0 Å². The van der Waals surface area contributed by atoms with E-state index >= 15 is 0 Å². The molecule has 0 aromatic heterocycles. The molecule has 2 atom stereocenters. The van der Waals surface area contributed by atoms with Crippen LogP contribution in [0.2, 0.25) is 0 Å². The Kier molecular flexibility index (Phi) is 5.50. The van der Waals surface area contributed by atoms with Crippen molar-refractivity contribution in [3.63, 3.8) is 0 Å². The minimum Gasteiger partial charge on any atom is -0.251 e. The fourth-order valence-electron chi connectivity index (χ4n) is 1.78. The summed E-state index contributed by atoms with van der Waals surface area (Å²) in [5.41, 5.74) is -0.144. The molecule has 1 fully saturated rings. The Morgan fingerprint density at radius 3 is 2.68 bits per heavy atom. The molecular weight excluding hydrogens is 244 g/mol. The normalized spacial score (nSPS) is 29.7. The summed E-state index contributed by atoms with van der Waals surface area (Å²) in [6, 6.07) is 0. The van der Waals surface area contributed by atoms with E-state index in [2.05, 4.69) is 11.5 Å². The van der Waals surface area contributed by atoms with Crippen molar-refractivity contribution in [1.82, 2.24) is 0 Å². The SMILES string of the molecule is C=C/C(C)=C/C=C/[C@]1(C)CCC(C(C)(C)OO)OO1. The van der Waals surface area contributed by atoms with Gasteiger partial charge in [0.1, 0.15) is 17.3 Å². The summed E-state index contributed by atoms with van der Waals surface area (Å²) in [5, 5.41) is 8.84. The van der Waals surface area contributed by atoms with Crippen molar-refractivity contribution < 1.29 is 19.9 Å². The van der Waals surface area contributed by atoms with Crippen LogP contribution in [0.4, 0.5) is 0 Å². The summed E-state index contributed by atoms with van der Waals surface area (Å²) in [5.74, 6) is 0. The average Bonchev–Trinajstić information content (AvgIpc) is 2.39. The highest BCUT2D eigenvalue weighted by Crippen LogP contribution is 2.33. The number of hydrogen-bond donors (Lipinski definition) is 1. The first-order valence-corrected chi connectivity index (χ1v) is 6.48. The van der Waals surface area contributed by atoms with Gasteiger partial charge in [-0.15, -0.1) is 0 Å². The molecule has 0 aliphatic carbocycles. The highest BCUT2D eigenvalue weighted by molar-refractivity contribution is 5.21. The van der Waals surface area contributed by atoms with Gasteiger partial charge in [0, 0.05) is 0 Å². The van der Waals surface area contributed by atoms with Gasteiger partial charge in [-0.1, -0.05) is 30.4 Å². The van der Waals surface area contributed by atoms with E-state index in [9.17, 15) is 0 Å². The van der Waals surface area contributed by atoms with Gasteiger partial charge in [-0.2, -0.15) is 0 Å². The molecule has 1 unspecified atom stereocenters. The lowest BCUT2D eigenvalue weighted by atomic mass is 9.90. The van der Waals surface area contributed by atoms with Crippen LogP contribution in [0.15, 0.2) is 36.5 Å². The van der Waals surface area contributed by atoms with Crippen molar-refractivity contribution in [2.45, 2.75) is 57.8 Å². The summed E-state index contributed by atoms with van der Waals surface area (Å²) in [6.45, 7) is 11.2. The van der Waals surface area contributed by atoms with Gasteiger partial charge in [0.15, 0.2) is 0 Å². The van der Waals surface area contributed by atoms with Gasteiger partial charge >= 0.3 is 0 Å². The van der Waals surface area contributed by atoms with Crippen LogP contribution in [0.3, 0.4) is 0 Å². The zero-order valence-corrected chi connectivity index (χ0v) is 12.2. The van der Waals surface area contributed by atoms with Gasteiger partial charge in [-0.05, 0) is 46.6 Å². The van der Waals surface area contributed by atoms with Crippen LogP contribution < -0.4 is 0 Å². The Balaban J connectivity index is 2.59. The van der Waals surface area contributed by atoms with Gasteiger partial charge < -0.3 is 0 Å². The Labute approximate surface area is 115 Å². The van der Waals surface area contributed by atoms with E-state index in [4.69, 9.17) is 15.0 Å². The number of allylic oxidation sites excluding steroid dienone is 4. The van der Waals surface area contributed by atoms with Crippen molar-refractivity contribution in [2.24, 2.45) is 0 Å². The summed E-state index contributed by atoms with van der Waals surface area (Å²) < 4.78 is 0. The summed E-state index contributed by atoms with van der Waals surface area (Å²) in [7, 11) is 0. The second kappa shape index (κ2) is 6.48. The molecule has 19 heavy (non-hydrogen) atoms. The molecule has 1 heterocycles. The van der Waals surface area contributed by atoms with Crippen LogP contribution in [0, 0.1) is 0 Å². The minimum absolute atomic E-state index is 0.288. The molecule has 0 aromatic carbocycles. The van der Waals surface area contributed by atoms with Gasteiger partial charge in [0.25, 0.3) is 0 Å². The van der Waals surface area contributed by atoms with Crippen LogP contribution in [0.5, 0.6) is 0 Å². The molecular formula is C15H24O4. The van der Waals surface area contributed by atoms with Crippen molar-refractivity contribution in [3.8, 4) is 0 Å². The van der Waals surface area contributed by atoms with E-state index < -0.39 is 11.2 Å². The third-order valence-corrected chi connectivity index (χ3v) is 3.40. The molecule has 4 nitrogen and oxygen atoms in total. The lowest BCUT2D eigenvalue weighted by molar-refractivity contribution is -0.440. The largest absolute Gasteiger partial charge is 0.251 e. The Bertz CT molecular complexity index is 360. The standard InChI is InChI=1S/C15H24O4/c1-6-12(2)8-7-10-15(5)11-9-13(17-19-15)14(3,4)18-16/h6-8,10,13,16H,1,9,11H2,2-5H3/b10-7+,12-8+/t13?,15-/m1/s1. The highest BCUT2D eigenvalue weighted by atomic mass is 17.2. The number of hydrogen-bond acceptors (Lipinski definition) is 4. The van der Waals surface area contributed by atoms with Gasteiger partial charge in [-0.3, -0.25) is 5.26 Å². The molecule has 0 radical (unpaired) electrons. The van der Waals surface area contributed by atoms with Crippen molar-refractivity contribution in [3.05, 3.63) is 36.5 Å². The van der Waals surface area contributed by atoms with Gasteiger partial charge in [0.2, 0.25) is 0 Å². The maximum Gasteiger partial charge on any atom is 0.127 e. The number of rotatable bonds is 5. The minimum atomic E-state index is -0.773. The van der Waals surface area contributed by atoms with Crippen molar-refractivity contribution in [1.29, 1.82) is 0 Å². The van der Waals surface area contributed by atoms with Crippen molar-refractivity contribution in [2.75, 3.05) is 0 Å². The van der Waals surface area contributed by atoms with Crippen molar-refractivity contribution >= 4 is 0 Å². The molecule has 0 aromatic rings. The van der Waals surface area contributed by atoms with E-state index in [1.54, 1.807) is 19.9 Å². The first-order chi connectivity index (χ1) is 8.83. The van der Waals surface area contributed by atoms with Gasteiger partial charge in [-0.25, -0.2) is 14.7 Å². The molecule has 4 heteroatoms. The van der Waals surface area contributed by atoms with Crippen LogP contribution >= 0.6 is 0 Å². The summed E-state index contributed by atoms with van der Waals surface area (Å²) in [4.78, 5) is 15.2. The third kappa shape index (κ3) is 4.58. The van der Waals surface area contributed by atoms with E-state index in [0.717, 1.165) is 18.4 Å². The smallest absolute Gasteiger partial charge is 0.127 e. The molecule has 1 N–H and O–H groups in total. The van der Waals surface area contributed by atoms with Crippen LogP contribution in [-0.4, -0.2) is 22.6 Å². The molecule has 0 bridgehead atoms. The zero-order chi connectivity index (χ0) is 14.5. The van der Waals surface area contributed by atoms with E-state index in [0.29, 0.717) is 0 Å². The maximum atomic E-state index is 8.84. The molecule has 0 saturated carbocycles. The van der Waals surface area contributed by atoms with Crippen LogP contribution in [0.25, 0.3) is 0 Å². The second-order valence-electron chi connectivity index (χ2n) is 5.69. The fraction of sp³-hybridized carbons (Fsp3) is 0.600. The first kappa shape index (κ1) is 16.1. The fourth-order valence-corrected chi connectivity index (χ4v) is 1.78. The van der Waals surface area contributed by atoms with Gasteiger partial charge in [0.05, 0.1) is 0 Å². The molecule has 0 spiro atoms. The maximum absolute atomic E-state index is 8.84. The predicted octanol–water partition coefficient (Wildman–Crippen LogP) is 3.81. The average molecular weight is 268 g/mol. The molecule has 1 saturated heterocycles. The Hall–Kier alpha value is -0.940. The highest BCUT2D eigenvalue weighted by Gasteiger charge is 2.40. The molecule has 0 amide bonds. The molecule has 1 aliphatic heterocycles. The monoisotopic (exact) mass is 268 g/mol. The quantitative estimate of drug-likeness (QED) is 0.468. The topological polar surface area (TPSA) is 47.9 Å². The predicted molar refractivity (Wildman–Crippen MR) is 74.5 cm³/mol. The lowest BCUT2D eigenvalue weighted by Gasteiger charge is -2.39. The lowest BCUT2D eigenvalue weighted by Crippen LogP contribution is -2.47. The second-order valence-corrected chi connectivity index (χ2v) is 5.69. The van der Waals surface area contributed by atoms with E-state index in [1.807, 2.05) is 32.1 Å². The van der Waals surface area contributed by atoms with E-state index in [-0.39, 0.29) is 6.10 Å². The summed E-state index contributed by atoms with van der Waals surface area (Å²) in [6.07, 6.45) is 8.92. The molecule has 1 rings (SSSR count). The third-order valence-electron chi connectivity index (χ3n) is 3.40. The van der Waals surface area contributed by atoms with Crippen LogP contribution in [0.1, 0.15) is 40.5 Å². The first-order valence-electron chi connectivity index (χ1n) is 6.48. The molecule has 108 valence electrons. The zero-order valence-electron chi connectivity index (χ0n) is 12.2. The molecule has 1 aliphatic rings. The summed E-state index contributed by atoms with van der Waals surface area (Å²) >= 11 is 0. The Morgan fingerprint density at radius 1 is 1.53 bits per heavy atom.